The number of ether oxygens (including phenoxy) is 1. The van der Waals surface area contributed by atoms with Crippen LogP contribution in [0.4, 0.5) is 0 Å². The smallest absolute Gasteiger partial charge is 0.255 e. The van der Waals surface area contributed by atoms with Crippen molar-refractivity contribution in [3.8, 4) is 5.75 Å². The summed E-state index contributed by atoms with van der Waals surface area (Å²) in [6, 6.07) is 7.46. The quantitative estimate of drug-likeness (QED) is 0.872. The van der Waals surface area contributed by atoms with Crippen molar-refractivity contribution in [2.75, 3.05) is 26.2 Å². The second kappa shape index (κ2) is 6.28. The zero-order chi connectivity index (χ0) is 14.7. The van der Waals surface area contributed by atoms with E-state index >= 15 is 0 Å². The Morgan fingerprint density at radius 1 is 1.38 bits per heavy atom. The molecule has 0 amide bonds. The Balaban J connectivity index is 1.67. The van der Waals surface area contributed by atoms with Crippen LogP contribution in [0.3, 0.4) is 0 Å². The van der Waals surface area contributed by atoms with E-state index in [1.807, 2.05) is 24.3 Å². The first-order valence-corrected chi connectivity index (χ1v) is 7.37. The molecule has 0 aliphatic carbocycles. The van der Waals surface area contributed by atoms with E-state index in [4.69, 9.17) is 9.84 Å². The second-order valence-electron chi connectivity index (χ2n) is 5.46. The fourth-order valence-corrected chi connectivity index (χ4v) is 2.83. The molecule has 1 aromatic heterocycles. The number of H-pyrrole nitrogens is 1. The van der Waals surface area contributed by atoms with Crippen LogP contribution in [-0.2, 0) is 0 Å². The molecule has 1 aliphatic heterocycles. The summed E-state index contributed by atoms with van der Waals surface area (Å²) in [6.45, 7) is 3.07. The van der Waals surface area contributed by atoms with E-state index in [0.29, 0.717) is 5.39 Å². The number of hydrogen-bond donors (Lipinski definition) is 2. The number of aromatic nitrogens is 1. The van der Waals surface area contributed by atoms with E-state index in [-0.39, 0.29) is 18.3 Å². The third-order valence-electron chi connectivity index (χ3n) is 3.91. The van der Waals surface area contributed by atoms with Gasteiger partial charge < -0.3 is 14.8 Å². The van der Waals surface area contributed by atoms with Crippen molar-refractivity contribution >= 4 is 10.8 Å². The predicted molar refractivity (Wildman–Crippen MR) is 81.7 cm³/mol. The number of aliphatic hydroxyl groups is 1. The zero-order valence-corrected chi connectivity index (χ0v) is 11.9. The van der Waals surface area contributed by atoms with E-state index in [9.17, 15) is 4.79 Å². The number of likely N-dealkylation sites (tertiary alicyclic amines) is 1. The van der Waals surface area contributed by atoms with Crippen LogP contribution in [0.5, 0.6) is 5.75 Å². The molecule has 2 N–H and O–H groups in total. The van der Waals surface area contributed by atoms with Crippen molar-refractivity contribution in [2.24, 2.45) is 0 Å². The third-order valence-corrected chi connectivity index (χ3v) is 3.91. The molecule has 21 heavy (non-hydrogen) atoms. The molecule has 3 rings (SSSR count). The fraction of sp³-hybridized carbons (Fsp3) is 0.438. The van der Waals surface area contributed by atoms with E-state index < -0.39 is 0 Å². The van der Waals surface area contributed by atoms with Gasteiger partial charge in [-0.3, -0.25) is 9.69 Å². The van der Waals surface area contributed by atoms with Crippen molar-refractivity contribution in [1.29, 1.82) is 0 Å². The molecule has 5 nitrogen and oxygen atoms in total. The average Bonchev–Trinajstić information content (AvgIpc) is 2.93. The van der Waals surface area contributed by atoms with Gasteiger partial charge in [-0.1, -0.05) is 0 Å². The molecular weight excluding hydrogens is 268 g/mol. The Hall–Kier alpha value is -1.85. The van der Waals surface area contributed by atoms with Gasteiger partial charge in [0.2, 0.25) is 0 Å². The van der Waals surface area contributed by atoms with Crippen molar-refractivity contribution in [1.82, 2.24) is 9.88 Å². The minimum Gasteiger partial charge on any atom is -0.489 e. The minimum absolute atomic E-state index is 0.0740. The van der Waals surface area contributed by atoms with Crippen molar-refractivity contribution in [3.05, 3.63) is 40.8 Å². The topological polar surface area (TPSA) is 65.6 Å². The van der Waals surface area contributed by atoms with Gasteiger partial charge in [0.25, 0.3) is 5.56 Å². The Morgan fingerprint density at radius 2 is 2.29 bits per heavy atom. The maximum absolute atomic E-state index is 11.7. The van der Waals surface area contributed by atoms with Crippen LogP contribution >= 0.6 is 0 Å². The number of fused-ring (bicyclic) bond motifs is 1. The van der Waals surface area contributed by atoms with Crippen LogP contribution in [-0.4, -0.2) is 47.3 Å². The number of hydrogen-bond acceptors (Lipinski definition) is 4. The number of aromatic amines is 1. The Bertz CT molecular complexity index is 668. The minimum atomic E-state index is -0.0740. The summed E-state index contributed by atoms with van der Waals surface area (Å²) in [7, 11) is 0. The summed E-state index contributed by atoms with van der Waals surface area (Å²) in [4.78, 5) is 16.6. The van der Waals surface area contributed by atoms with Gasteiger partial charge in [0.05, 0.1) is 0 Å². The molecule has 0 bridgehead atoms. The summed E-state index contributed by atoms with van der Waals surface area (Å²) in [5.41, 5.74) is -0.0740. The molecule has 1 atom stereocenters. The van der Waals surface area contributed by atoms with Gasteiger partial charge in [-0.25, -0.2) is 0 Å². The lowest BCUT2D eigenvalue weighted by molar-refractivity contribution is 0.193. The maximum Gasteiger partial charge on any atom is 0.255 e. The van der Waals surface area contributed by atoms with E-state index in [0.717, 1.165) is 43.6 Å². The zero-order valence-electron chi connectivity index (χ0n) is 11.9. The standard InChI is InChI=1S/C16H20N2O3/c19-9-1-7-18-8-5-14(11-18)21-13-2-3-15-12(10-13)4-6-17-16(15)20/h2-4,6,10,14,19H,1,5,7-9,11H2,(H,17,20). The van der Waals surface area contributed by atoms with Gasteiger partial charge in [0, 0.05) is 37.8 Å². The molecule has 0 radical (unpaired) electrons. The van der Waals surface area contributed by atoms with Crippen LogP contribution < -0.4 is 10.3 Å². The monoisotopic (exact) mass is 288 g/mol. The summed E-state index contributed by atoms with van der Waals surface area (Å²) in [6.07, 6.45) is 3.65. The molecule has 0 saturated carbocycles. The van der Waals surface area contributed by atoms with Gasteiger partial charge in [0.1, 0.15) is 11.9 Å². The number of aliphatic hydroxyl groups excluding tert-OH is 1. The van der Waals surface area contributed by atoms with Gasteiger partial charge in [-0.2, -0.15) is 0 Å². The summed E-state index contributed by atoms with van der Waals surface area (Å²) >= 11 is 0. The first-order chi connectivity index (χ1) is 10.3. The second-order valence-corrected chi connectivity index (χ2v) is 5.46. The molecule has 0 spiro atoms. The molecular formula is C16H20N2O3. The van der Waals surface area contributed by atoms with Crippen molar-refractivity contribution in [3.63, 3.8) is 0 Å². The van der Waals surface area contributed by atoms with E-state index in [2.05, 4.69) is 9.88 Å². The number of nitrogens with one attached hydrogen (secondary N) is 1. The summed E-state index contributed by atoms with van der Waals surface area (Å²) in [5, 5.41) is 10.4. The van der Waals surface area contributed by atoms with Crippen LogP contribution in [0.15, 0.2) is 35.3 Å². The molecule has 1 aromatic carbocycles. The number of nitrogens with zero attached hydrogens (tertiary/aromatic N) is 1. The lowest BCUT2D eigenvalue weighted by atomic mass is 10.1. The highest BCUT2D eigenvalue weighted by molar-refractivity contribution is 5.82. The highest BCUT2D eigenvalue weighted by Gasteiger charge is 2.23. The highest BCUT2D eigenvalue weighted by Crippen LogP contribution is 2.22. The largest absolute Gasteiger partial charge is 0.489 e. The predicted octanol–water partition coefficient (Wildman–Crippen LogP) is 1.36. The fourth-order valence-electron chi connectivity index (χ4n) is 2.83. The molecule has 1 saturated heterocycles. The SMILES string of the molecule is O=c1[nH]ccc2cc(OC3CCN(CCCO)C3)ccc12. The first kappa shape index (κ1) is 14.1. The maximum atomic E-state index is 11.7. The highest BCUT2D eigenvalue weighted by atomic mass is 16.5. The molecule has 1 aliphatic rings. The molecule has 1 unspecified atom stereocenters. The van der Waals surface area contributed by atoms with Crippen LogP contribution in [0.25, 0.3) is 10.8 Å². The van der Waals surface area contributed by atoms with Crippen molar-refractivity contribution < 1.29 is 9.84 Å². The summed E-state index contributed by atoms with van der Waals surface area (Å²) < 4.78 is 6.02. The number of benzene rings is 1. The van der Waals surface area contributed by atoms with E-state index in [1.54, 1.807) is 6.20 Å². The Labute approximate surface area is 123 Å². The lowest BCUT2D eigenvalue weighted by Crippen LogP contribution is -2.26. The number of rotatable bonds is 5. The molecule has 2 heterocycles. The van der Waals surface area contributed by atoms with Crippen LogP contribution in [0.1, 0.15) is 12.8 Å². The van der Waals surface area contributed by atoms with E-state index in [1.165, 1.54) is 0 Å². The number of pyridine rings is 1. The Kier molecular flexibility index (Phi) is 4.22. The average molecular weight is 288 g/mol. The van der Waals surface area contributed by atoms with Gasteiger partial charge >= 0.3 is 0 Å². The summed E-state index contributed by atoms with van der Waals surface area (Å²) in [5.74, 6) is 0.808. The van der Waals surface area contributed by atoms with Gasteiger partial charge in [0.15, 0.2) is 0 Å². The lowest BCUT2D eigenvalue weighted by Gasteiger charge is -2.16. The van der Waals surface area contributed by atoms with Gasteiger partial charge in [-0.05, 0) is 42.5 Å². The molecule has 2 aromatic rings. The molecule has 1 fully saturated rings. The van der Waals surface area contributed by atoms with Crippen LogP contribution in [0, 0.1) is 0 Å². The Morgan fingerprint density at radius 3 is 3.14 bits per heavy atom. The molecule has 5 heteroatoms. The first-order valence-electron chi connectivity index (χ1n) is 7.37. The molecule has 112 valence electrons. The van der Waals surface area contributed by atoms with Gasteiger partial charge in [-0.15, -0.1) is 0 Å². The van der Waals surface area contributed by atoms with Crippen molar-refractivity contribution in [2.45, 2.75) is 18.9 Å². The normalized spacial score (nSPS) is 19.2. The third kappa shape index (κ3) is 3.25. The van der Waals surface area contributed by atoms with Crippen LogP contribution in [0.2, 0.25) is 0 Å².